The molecule has 1 aromatic carbocycles. The summed E-state index contributed by atoms with van der Waals surface area (Å²) in [5.41, 5.74) is 0.732. The fourth-order valence-electron chi connectivity index (χ4n) is 3.19. The summed E-state index contributed by atoms with van der Waals surface area (Å²) in [7, 11) is 0. The third-order valence-electron chi connectivity index (χ3n) is 4.64. The maximum Gasteiger partial charge on any atom is 0.242 e. The number of hydrogen-bond donors (Lipinski definition) is 0. The lowest BCUT2D eigenvalue weighted by Gasteiger charge is -2.29. The molecule has 0 aliphatic heterocycles. The Labute approximate surface area is 183 Å². The van der Waals surface area contributed by atoms with Gasteiger partial charge in [0.05, 0.1) is 13.1 Å². The SMILES string of the molecule is CCCN(CC(=O)N(Cc1ccc(F)cc1)Cc1ccc(C)s1)C(=O)CC(C)(C)C. The Morgan fingerprint density at radius 2 is 1.63 bits per heavy atom. The lowest BCUT2D eigenvalue weighted by molar-refractivity contribution is -0.142. The second-order valence-electron chi connectivity index (χ2n) is 8.94. The number of amides is 2. The lowest BCUT2D eigenvalue weighted by Crippen LogP contribution is -2.43. The Morgan fingerprint density at radius 3 is 2.17 bits per heavy atom. The topological polar surface area (TPSA) is 40.6 Å². The molecule has 2 aromatic rings. The third-order valence-corrected chi connectivity index (χ3v) is 5.62. The van der Waals surface area contributed by atoms with Crippen LogP contribution < -0.4 is 0 Å². The summed E-state index contributed by atoms with van der Waals surface area (Å²) in [4.78, 5) is 31.7. The number of rotatable bonds is 9. The maximum atomic E-state index is 13.3. The first kappa shape index (κ1) is 24.1. The van der Waals surface area contributed by atoms with Crippen molar-refractivity contribution in [1.82, 2.24) is 9.80 Å². The van der Waals surface area contributed by atoms with E-state index < -0.39 is 0 Å². The maximum absolute atomic E-state index is 13.3. The molecule has 0 spiro atoms. The van der Waals surface area contributed by atoms with Crippen LogP contribution in [0, 0.1) is 18.2 Å². The van der Waals surface area contributed by atoms with Gasteiger partial charge in [-0.1, -0.05) is 39.8 Å². The van der Waals surface area contributed by atoms with E-state index in [1.165, 1.54) is 17.0 Å². The van der Waals surface area contributed by atoms with Gasteiger partial charge in [0, 0.05) is 29.3 Å². The molecule has 2 amide bonds. The highest BCUT2D eigenvalue weighted by molar-refractivity contribution is 7.11. The van der Waals surface area contributed by atoms with Crippen molar-refractivity contribution in [2.45, 2.75) is 60.5 Å². The molecule has 6 heteroatoms. The molecular weight excluding hydrogens is 399 g/mol. The largest absolute Gasteiger partial charge is 0.333 e. The summed E-state index contributed by atoms with van der Waals surface area (Å²) in [6.45, 7) is 11.6. The molecule has 0 N–H and O–H groups in total. The molecule has 0 unspecified atom stereocenters. The van der Waals surface area contributed by atoms with E-state index in [0.29, 0.717) is 26.1 Å². The second kappa shape index (κ2) is 10.7. The number of hydrogen-bond acceptors (Lipinski definition) is 3. The van der Waals surface area contributed by atoms with Crippen LogP contribution in [0.2, 0.25) is 0 Å². The molecule has 0 fully saturated rings. The standard InChI is InChI=1S/C24H33FN2O2S/c1-6-13-26(22(28)14-24(3,4)5)17-23(29)27(16-21-12-7-18(2)30-21)15-19-8-10-20(25)11-9-19/h7-12H,6,13-17H2,1-5H3. The minimum Gasteiger partial charge on any atom is -0.333 e. The van der Waals surface area contributed by atoms with Crippen LogP contribution in [-0.4, -0.2) is 34.7 Å². The molecule has 0 atom stereocenters. The highest BCUT2D eigenvalue weighted by Crippen LogP contribution is 2.21. The molecular formula is C24H33FN2O2S. The van der Waals surface area contributed by atoms with Crippen LogP contribution in [-0.2, 0) is 22.7 Å². The van der Waals surface area contributed by atoms with Gasteiger partial charge in [0.1, 0.15) is 5.82 Å². The number of nitrogens with zero attached hydrogens (tertiary/aromatic N) is 2. The number of halogens is 1. The predicted octanol–water partition coefficient (Wildman–Crippen LogP) is 5.40. The van der Waals surface area contributed by atoms with Gasteiger partial charge in [-0.2, -0.15) is 0 Å². The molecule has 1 aromatic heterocycles. The molecule has 0 aliphatic rings. The summed E-state index contributed by atoms with van der Waals surface area (Å²) < 4.78 is 13.3. The van der Waals surface area contributed by atoms with Crippen molar-refractivity contribution >= 4 is 23.2 Å². The fourth-order valence-corrected chi connectivity index (χ4v) is 4.10. The Morgan fingerprint density at radius 1 is 0.967 bits per heavy atom. The van der Waals surface area contributed by atoms with Crippen LogP contribution in [0.15, 0.2) is 36.4 Å². The Hall–Kier alpha value is -2.21. The zero-order valence-electron chi connectivity index (χ0n) is 18.7. The molecule has 4 nitrogen and oxygen atoms in total. The van der Waals surface area contributed by atoms with E-state index in [2.05, 4.69) is 0 Å². The first-order valence-electron chi connectivity index (χ1n) is 10.4. The van der Waals surface area contributed by atoms with Crippen molar-refractivity contribution in [2.75, 3.05) is 13.1 Å². The van der Waals surface area contributed by atoms with Gasteiger partial charge in [-0.3, -0.25) is 9.59 Å². The van der Waals surface area contributed by atoms with E-state index in [9.17, 15) is 14.0 Å². The summed E-state index contributed by atoms with van der Waals surface area (Å²) >= 11 is 1.66. The van der Waals surface area contributed by atoms with Crippen LogP contribution in [0.4, 0.5) is 4.39 Å². The van der Waals surface area contributed by atoms with Gasteiger partial charge >= 0.3 is 0 Å². The molecule has 0 aliphatic carbocycles. The second-order valence-corrected chi connectivity index (χ2v) is 10.3. The molecule has 0 bridgehead atoms. The zero-order chi connectivity index (χ0) is 22.3. The Bertz CT molecular complexity index is 840. The Balaban J connectivity index is 2.18. The van der Waals surface area contributed by atoms with Crippen molar-refractivity contribution in [3.8, 4) is 0 Å². The van der Waals surface area contributed by atoms with E-state index in [1.807, 2.05) is 46.8 Å². The van der Waals surface area contributed by atoms with E-state index in [-0.39, 0.29) is 29.6 Å². The van der Waals surface area contributed by atoms with Crippen LogP contribution in [0.5, 0.6) is 0 Å². The fraction of sp³-hybridized carbons (Fsp3) is 0.500. The number of benzene rings is 1. The van der Waals surface area contributed by atoms with Gasteiger partial charge in [-0.15, -0.1) is 11.3 Å². The lowest BCUT2D eigenvalue weighted by atomic mass is 9.91. The van der Waals surface area contributed by atoms with Gasteiger partial charge < -0.3 is 9.80 Å². The minimum absolute atomic E-state index is 0.00593. The molecule has 0 saturated heterocycles. The first-order valence-corrected chi connectivity index (χ1v) is 11.2. The molecule has 164 valence electrons. The van der Waals surface area contributed by atoms with Crippen LogP contribution in [0.1, 0.15) is 55.9 Å². The first-order chi connectivity index (χ1) is 14.1. The molecule has 2 rings (SSSR count). The van der Waals surface area contributed by atoms with E-state index in [0.717, 1.165) is 16.9 Å². The minimum atomic E-state index is -0.299. The summed E-state index contributed by atoms with van der Waals surface area (Å²) in [6.07, 6.45) is 1.20. The predicted molar refractivity (Wildman–Crippen MR) is 121 cm³/mol. The van der Waals surface area contributed by atoms with Crippen molar-refractivity contribution in [2.24, 2.45) is 5.41 Å². The summed E-state index contributed by atoms with van der Waals surface area (Å²) in [6, 6.07) is 10.3. The summed E-state index contributed by atoms with van der Waals surface area (Å²) in [5.74, 6) is -0.389. The van der Waals surface area contributed by atoms with E-state index >= 15 is 0 Å². The molecule has 1 heterocycles. The van der Waals surface area contributed by atoms with Gasteiger partial charge in [-0.25, -0.2) is 4.39 Å². The van der Waals surface area contributed by atoms with Gasteiger partial charge in [0.25, 0.3) is 0 Å². The Kier molecular flexibility index (Phi) is 8.59. The molecule has 0 radical (unpaired) electrons. The number of thiophene rings is 1. The zero-order valence-corrected chi connectivity index (χ0v) is 19.5. The van der Waals surface area contributed by atoms with Crippen molar-refractivity contribution in [1.29, 1.82) is 0 Å². The summed E-state index contributed by atoms with van der Waals surface area (Å²) in [5, 5.41) is 0. The number of aryl methyl sites for hydroxylation is 1. The third kappa shape index (κ3) is 7.90. The molecule has 0 saturated carbocycles. The van der Waals surface area contributed by atoms with E-state index in [1.54, 1.807) is 33.3 Å². The van der Waals surface area contributed by atoms with Crippen LogP contribution in [0.25, 0.3) is 0 Å². The smallest absolute Gasteiger partial charge is 0.242 e. The van der Waals surface area contributed by atoms with Gasteiger partial charge in [0.15, 0.2) is 0 Å². The normalized spacial score (nSPS) is 11.4. The van der Waals surface area contributed by atoms with Crippen LogP contribution in [0.3, 0.4) is 0 Å². The van der Waals surface area contributed by atoms with Gasteiger partial charge in [0.2, 0.25) is 11.8 Å². The number of carbonyl (C=O) groups excluding carboxylic acids is 2. The van der Waals surface area contributed by atoms with Gasteiger partial charge in [-0.05, 0) is 48.6 Å². The molecule has 30 heavy (non-hydrogen) atoms. The highest BCUT2D eigenvalue weighted by atomic mass is 32.1. The average molecular weight is 433 g/mol. The van der Waals surface area contributed by atoms with Crippen molar-refractivity contribution in [3.05, 3.63) is 57.5 Å². The quantitative estimate of drug-likeness (QED) is 0.532. The average Bonchev–Trinajstić information content (AvgIpc) is 3.06. The highest BCUT2D eigenvalue weighted by Gasteiger charge is 2.25. The monoisotopic (exact) mass is 432 g/mol. The van der Waals surface area contributed by atoms with Crippen molar-refractivity contribution < 1.29 is 14.0 Å². The van der Waals surface area contributed by atoms with Crippen molar-refractivity contribution in [3.63, 3.8) is 0 Å². The van der Waals surface area contributed by atoms with Crippen LogP contribution >= 0.6 is 11.3 Å². The van der Waals surface area contributed by atoms with E-state index in [4.69, 9.17) is 0 Å². The number of carbonyl (C=O) groups is 2.